The van der Waals surface area contributed by atoms with E-state index in [1.165, 1.54) is 11.8 Å². The number of fused-ring (bicyclic) bond motifs is 1. The lowest BCUT2D eigenvalue weighted by molar-refractivity contribution is -0.117. The molecule has 0 N–H and O–H groups in total. The van der Waals surface area contributed by atoms with Gasteiger partial charge < -0.3 is 4.90 Å². The van der Waals surface area contributed by atoms with Crippen molar-refractivity contribution in [3.05, 3.63) is 64.1 Å². The average Bonchev–Trinajstić information content (AvgIpc) is 3.07. The van der Waals surface area contributed by atoms with Crippen LogP contribution in [0.15, 0.2) is 53.5 Å². The van der Waals surface area contributed by atoms with Gasteiger partial charge in [-0.15, -0.1) is 0 Å². The molecule has 0 bridgehead atoms. The molecule has 0 aromatic heterocycles. The molecular formula is C19H16Cl2N2O3S2. The first-order valence-corrected chi connectivity index (χ1v) is 12.0. The number of amidine groups is 1. The molecule has 0 aliphatic carbocycles. The van der Waals surface area contributed by atoms with Crippen LogP contribution in [0.4, 0.5) is 5.69 Å². The number of aliphatic imine (C=N–C) groups is 1. The zero-order chi connectivity index (χ0) is 19.9. The molecule has 1 amide bonds. The van der Waals surface area contributed by atoms with Gasteiger partial charge in [0.1, 0.15) is 0 Å². The van der Waals surface area contributed by atoms with Gasteiger partial charge >= 0.3 is 0 Å². The summed E-state index contributed by atoms with van der Waals surface area (Å²) in [4.78, 5) is 18.7. The average molecular weight is 455 g/mol. The SMILES string of the molecule is O=C(Cc1ccc(Cl)cc1)N=C1SC2CS(=O)(=O)CC2N1c1cccc(Cl)c1. The minimum Gasteiger partial charge on any atom is -0.316 e. The summed E-state index contributed by atoms with van der Waals surface area (Å²) in [5.74, 6) is -0.162. The minimum atomic E-state index is -3.11. The molecule has 2 heterocycles. The molecule has 0 spiro atoms. The van der Waals surface area contributed by atoms with Crippen LogP contribution in [0.5, 0.6) is 0 Å². The van der Waals surface area contributed by atoms with Gasteiger partial charge in [0.2, 0.25) is 0 Å². The van der Waals surface area contributed by atoms with Crippen molar-refractivity contribution in [2.75, 3.05) is 16.4 Å². The molecule has 2 saturated heterocycles. The van der Waals surface area contributed by atoms with E-state index >= 15 is 0 Å². The monoisotopic (exact) mass is 454 g/mol. The van der Waals surface area contributed by atoms with E-state index in [-0.39, 0.29) is 35.1 Å². The van der Waals surface area contributed by atoms with Crippen LogP contribution in [0, 0.1) is 0 Å². The van der Waals surface area contributed by atoms with Crippen LogP contribution in [0.25, 0.3) is 0 Å². The van der Waals surface area contributed by atoms with Crippen molar-refractivity contribution in [1.29, 1.82) is 0 Å². The first kappa shape index (κ1) is 19.8. The van der Waals surface area contributed by atoms with Gasteiger partial charge in [-0.05, 0) is 35.9 Å². The lowest BCUT2D eigenvalue weighted by Crippen LogP contribution is -2.37. The Kier molecular flexibility index (Phi) is 5.44. The third-order valence-electron chi connectivity index (χ3n) is 4.64. The number of anilines is 1. The van der Waals surface area contributed by atoms with Gasteiger partial charge in [-0.1, -0.05) is 53.2 Å². The normalized spacial score (nSPS) is 24.5. The molecule has 0 saturated carbocycles. The quantitative estimate of drug-likeness (QED) is 0.704. The number of rotatable bonds is 3. The van der Waals surface area contributed by atoms with Gasteiger partial charge in [0.25, 0.3) is 5.91 Å². The number of amides is 1. The Morgan fingerprint density at radius 3 is 2.57 bits per heavy atom. The molecule has 2 fully saturated rings. The third kappa shape index (κ3) is 4.22. The summed E-state index contributed by atoms with van der Waals surface area (Å²) in [5, 5.41) is 1.52. The lowest BCUT2D eigenvalue weighted by Gasteiger charge is -2.24. The van der Waals surface area contributed by atoms with E-state index < -0.39 is 9.84 Å². The van der Waals surface area contributed by atoms with E-state index in [0.29, 0.717) is 15.2 Å². The number of benzene rings is 2. The summed E-state index contributed by atoms with van der Waals surface area (Å²) < 4.78 is 24.2. The highest BCUT2D eigenvalue weighted by molar-refractivity contribution is 8.16. The Balaban J connectivity index is 1.63. The maximum Gasteiger partial charge on any atom is 0.252 e. The number of halogens is 2. The smallest absolute Gasteiger partial charge is 0.252 e. The van der Waals surface area contributed by atoms with Crippen molar-refractivity contribution in [2.24, 2.45) is 4.99 Å². The molecule has 5 nitrogen and oxygen atoms in total. The summed E-state index contributed by atoms with van der Waals surface area (Å²) >= 11 is 13.4. The van der Waals surface area contributed by atoms with E-state index in [4.69, 9.17) is 23.2 Å². The van der Waals surface area contributed by atoms with Gasteiger partial charge in [-0.2, -0.15) is 4.99 Å². The van der Waals surface area contributed by atoms with Crippen molar-refractivity contribution in [3.8, 4) is 0 Å². The Bertz CT molecular complexity index is 1060. The van der Waals surface area contributed by atoms with Crippen molar-refractivity contribution in [1.82, 2.24) is 0 Å². The van der Waals surface area contributed by atoms with Crippen LogP contribution in [0.1, 0.15) is 5.56 Å². The summed E-state index contributed by atoms with van der Waals surface area (Å²) in [7, 11) is -3.11. The highest BCUT2D eigenvalue weighted by Crippen LogP contribution is 2.41. The molecule has 2 aliphatic rings. The summed E-state index contributed by atoms with van der Waals surface area (Å²) in [6.07, 6.45) is 0.151. The van der Waals surface area contributed by atoms with Crippen LogP contribution in [-0.4, -0.2) is 42.3 Å². The highest BCUT2D eigenvalue weighted by atomic mass is 35.5. The lowest BCUT2D eigenvalue weighted by atomic mass is 10.1. The Labute approximate surface area is 177 Å². The van der Waals surface area contributed by atoms with Crippen molar-refractivity contribution in [3.63, 3.8) is 0 Å². The third-order valence-corrected chi connectivity index (χ3v) is 8.34. The number of carbonyl (C=O) groups excluding carboxylic acids is 1. The summed E-state index contributed by atoms with van der Waals surface area (Å²) in [6, 6.07) is 13.9. The molecule has 0 radical (unpaired) electrons. The zero-order valence-corrected chi connectivity index (χ0v) is 17.7. The fraction of sp³-hybridized carbons (Fsp3) is 0.263. The molecule has 2 aromatic rings. The molecule has 2 unspecified atom stereocenters. The maximum absolute atomic E-state index is 12.5. The van der Waals surface area contributed by atoms with Crippen LogP contribution >= 0.6 is 35.0 Å². The summed E-state index contributed by atoms with van der Waals surface area (Å²) in [5.41, 5.74) is 1.56. The fourth-order valence-corrected chi connectivity index (χ4v) is 7.66. The first-order chi connectivity index (χ1) is 13.3. The molecule has 2 aromatic carbocycles. The standard InChI is InChI=1S/C19H16Cl2N2O3S2/c20-13-6-4-12(5-7-13)8-18(24)22-19-23(15-3-1-2-14(21)9-15)16-10-28(25,26)11-17(16)27-19/h1-7,9,16-17H,8,10-11H2. The second-order valence-electron chi connectivity index (χ2n) is 6.74. The molecular weight excluding hydrogens is 439 g/mol. The van der Waals surface area contributed by atoms with Crippen LogP contribution in [0.3, 0.4) is 0 Å². The largest absolute Gasteiger partial charge is 0.316 e. The van der Waals surface area contributed by atoms with E-state index in [1.54, 1.807) is 42.5 Å². The van der Waals surface area contributed by atoms with Crippen LogP contribution in [-0.2, 0) is 21.1 Å². The minimum absolute atomic E-state index is 0.0432. The van der Waals surface area contributed by atoms with Gasteiger partial charge in [-0.25, -0.2) is 8.42 Å². The van der Waals surface area contributed by atoms with Crippen molar-refractivity contribution in [2.45, 2.75) is 17.7 Å². The van der Waals surface area contributed by atoms with Crippen molar-refractivity contribution < 1.29 is 13.2 Å². The zero-order valence-electron chi connectivity index (χ0n) is 14.6. The maximum atomic E-state index is 12.5. The van der Waals surface area contributed by atoms with E-state index in [0.717, 1.165) is 11.3 Å². The van der Waals surface area contributed by atoms with Gasteiger partial charge in [-0.3, -0.25) is 4.79 Å². The van der Waals surface area contributed by atoms with Gasteiger partial charge in [0.15, 0.2) is 15.0 Å². The molecule has 9 heteroatoms. The Morgan fingerprint density at radius 2 is 1.86 bits per heavy atom. The number of sulfone groups is 1. The van der Waals surface area contributed by atoms with E-state index in [9.17, 15) is 13.2 Å². The molecule has 28 heavy (non-hydrogen) atoms. The van der Waals surface area contributed by atoms with Crippen molar-refractivity contribution >= 4 is 61.6 Å². The number of nitrogens with zero attached hydrogens (tertiary/aromatic N) is 2. The second kappa shape index (κ2) is 7.71. The molecule has 2 atom stereocenters. The summed E-state index contributed by atoms with van der Waals surface area (Å²) in [6.45, 7) is 0. The number of carbonyl (C=O) groups is 1. The molecule has 2 aliphatic heterocycles. The van der Waals surface area contributed by atoms with Crippen LogP contribution in [0.2, 0.25) is 10.0 Å². The van der Waals surface area contributed by atoms with E-state index in [2.05, 4.69) is 4.99 Å². The molecule has 146 valence electrons. The van der Waals surface area contributed by atoms with Crippen LogP contribution < -0.4 is 4.90 Å². The second-order valence-corrected chi connectivity index (χ2v) is 11.0. The fourth-order valence-electron chi connectivity index (χ4n) is 3.42. The molecule has 4 rings (SSSR count). The van der Waals surface area contributed by atoms with Gasteiger partial charge in [0, 0.05) is 21.0 Å². The van der Waals surface area contributed by atoms with Gasteiger partial charge in [0.05, 0.1) is 24.0 Å². The predicted molar refractivity (Wildman–Crippen MR) is 115 cm³/mol. The first-order valence-electron chi connectivity index (χ1n) is 8.58. The van der Waals surface area contributed by atoms with E-state index in [1.807, 2.05) is 11.0 Å². The number of thioether (sulfide) groups is 1. The topological polar surface area (TPSA) is 66.8 Å². The predicted octanol–water partition coefficient (Wildman–Crippen LogP) is 3.84. The Morgan fingerprint density at radius 1 is 1.11 bits per heavy atom. The Hall–Kier alpha value is -1.54. The number of hydrogen-bond acceptors (Lipinski definition) is 4. The number of hydrogen-bond donors (Lipinski definition) is 0. The highest BCUT2D eigenvalue weighted by Gasteiger charge is 2.49.